The van der Waals surface area contributed by atoms with Crippen molar-refractivity contribution in [3.8, 4) is 0 Å². The van der Waals surface area contributed by atoms with E-state index in [1.54, 1.807) is 26.0 Å². The fourth-order valence-corrected chi connectivity index (χ4v) is 3.17. The summed E-state index contributed by atoms with van der Waals surface area (Å²) >= 11 is 0. The molecule has 0 spiro atoms. The van der Waals surface area contributed by atoms with Crippen molar-refractivity contribution >= 4 is 11.9 Å². The average molecular weight is 360 g/mol. The Morgan fingerprint density at radius 3 is 2.42 bits per heavy atom. The van der Waals surface area contributed by atoms with Gasteiger partial charge >= 0.3 is 0 Å². The van der Waals surface area contributed by atoms with E-state index < -0.39 is 0 Å². The maximum Gasteiger partial charge on any atom is 0.253 e. The van der Waals surface area contributed by atoms with Crippen LogP contribution >= 0.6 is 0 Å². The van der Waals surface area contributed by atoms with Crippen LogP contribution in [0.5, 0.6) is 0 Å². The van der Waals surface area contributed by atoms with Crippen molar-refractivity contribution in [3.63, 3.8) is 0 Å². The number of rotatable bonds is 7. The minimum absolute atomic E-state index is 0.0222. The van der Waals surface area contributed by atoms with Crippen LogP contribution in [-0.2, 0) is 6.54 Å². The summed E-state index contributed by atoms with van der Waals surface area (Å²) in [4.78, 5) is 20.3. The number of benzene rings is 1. The van der Waals surface area contributed by atoms with E-state index in [4.69, 9.17) is 0 Å². The highest BCUT2D eigenvalue weighted by atomic mass is 16.2. The summed E-state index contributed by atoms with van der Waals surface area (Å²) < 4.78 is 0. The molecule has 1 aliphatic rings. The molecule has 1 aliphatic heterocycles. The van der Waals surface area contributed by atoms with Crippen molar-refractivity contribution in [2.45, 2.75) is 26.3 Å². The molecular weight excluding hydrogens is 326 g/mol. The molecule has 0 aliphatic carbocycles. The van der Waals surface area contributed by atoms with E-state index in [1.165, 1.54) is 25.9 Å². The number of carbonyl (C=O) groups excluding carboxylic acids is 1. The summed E-state index contributed by atoms with van der Waals surface area (Å²) in [6.45, 7) is 7.49. The molecule has 1 heterocycles. The molecule has 0 saturated carbocycles. The Hall–Kier alpha value is -2.08. The van der Waals surface area contributed by atoms with Crippen molar-refractivity contribution in [1.29, 1.82) is 0 Å². The molecule has 144 valence electrons. The summed E-state index contributed by atoms with van der Waals surface area (Å²) in [5.41, 5.74) is 1.82. The van der Waals surface area contributed by atoms with Crippen molar-refractivity contribution in [2.75, 3.05) is 47.3 Å². The first-order valence-corrected chi connectivity index (χ1v) is 9.47. The topological polar surface area (TPSA) is 60.0 Å². The molecule has 1 saturated heterocycles. The predicted molar refractivity (Wildman–Crippen MR) is 107 cm³/mol. The minimum Gasteiger partial charge on any atom is -0.356 e. The number of guanidine groups is 1. The quantitative estimate of drug-likeness (QED) is 0.576. The van der Waals surface area contributed by atoms with Gasteiger partial charge in [0.25, 0.3) is 5.91 Å². The fraction of sp³-hybridized carbons (Fsp3) is 0.600. The molecular formula is C20H33N5O. The summed E-state index contributed by atoms with van der Waals surface area (Å²) in [6.07, 6.45) is 2.67. The van der Waals surface area contributed by atoms with E-state index >= 15 is 0 Å². The summed E-state index contributed by atoms with van der Waals surface area (Å²) in [5, 5.41) is 6.75. The molecule has 0 radical (unpaired) electrons. The number of aliphatic imine (C=N–C) groups is 1. The van der Waals surface area contributed by atoms with Crippen molar-refractivity contribution in [2.24, 2.45) is 10.9 Å². The van der Waals surface area contributed by atoms with Crippen molar-refractivity contribution in [3.05, 3.63) is 35.4 Å². The maximum atomic E-state index is 11.9. The lowest BCUT2D eigenvalue weighted by atomic mass is 10.1. The third kappa shape index (κ3) is 6.33. The van der Waals surface area contributed by atoms with E-state index in [1.807, 2.05) is 24.3 Å². The highest BCUT2D eigenvalue weighted by Gasteiger charge is 2.14. The van der Waals surface area contributed by atoms with Gasteiger partial charge in [0.1, 0.15) is 0 Å². The van der Waals surface area contributed by atoms with E-state index in [0.29, 0.717) is 18.0 Å². The molecule has 0 aromatic heterocycles. The molecule has 1 amide bonds. The lowest BCUT2D eigenvalue weighted by Crippen LogP contribution is -2.41. The number of hydrogen-bond acceptors (Lipinski definition) is 3. The molecule has 6 nitrogen and oxygen atoms in total. The number of nitrogens with zero attached hydrogens (tertiary/aromatic N) is 3. The highest BCUT2D eigenvalue weighted by molar-refractivity contribution is 5.93. The van der Waals surface area contributed by atoms with Gasteiger partial charge in [-0.1, -0.05) is 19.1 Å². The van der Waals surface area contributed by atoms with Gasteiger partial charge in [0.2, 0.25) is 0 Å². The summed E-state index contributed by atoms with van der Waals surface area (Å²) in [5.74, 6) is 1.42. The molecule has 1 unspecified atom stereocenters. The maximum absolute atomic E-state index is 11.9. The zero-order chi connectivity index (χ0) is 18.9. The van der Waals surface area contributed by atoms with Crippen LogP contribution in [0.4, 0.5) is 0 Å². The number of likely N-dealkylation sites (tertiary alicyclic amines) is 1. The smallest absolute Gasteiger partial charge is 0.253 e. The Morgan fingerprint density at radius 2 is 1.85 bits per heavy atom. The van der Waals surface area contributed by atoms with Gasteiger partial charge < -0.3 is 20.4 Å². The molecule has 0 bridgehead atoms. The Balaban J connectivity index is 1.74. The Labute approximate surface area is 157 Å². The van der Waals surface area contributed by atoms with Crippen LogP contribution in [0.3, 0.4) is 0 Å². The summed E-state index contributed by atoms with van der Waals surface area (Å²) in [7, 11) is 5.32. The molecule has 1 aromatic rings. The SMILES string of the molecule is CN=C(NCc1ccc(C(=O)N(C)C)cc1)NCC(C)CN1CCCC1. The third-order valence-corrected chi connectivity index (χ3v) is 4.68. The second kappa shape index (κ2) is 10.2. The average Bonchev–Trinajstić information content (AvgIpc) is 3.14. The lowest BCUT2D eigenvalue weighted by molar-refractivity contribution is 0.0827. The normalized spacial score (nSPS) is 16.4. The van der Waals surface area contributed by atoms with E-state index in [0.717, 1.165) is 24.6 Å². The van der Waals surface area contributed by atoms with Gasteiger partial charge in [-0.05, 0) is 49.5 Å². The number of carbonyl (C=O) groups is 1. The molecule has 1 fully saturated rings. The first-order valence-electron chi connectivity index (χ1n) is 9.47. The van der Waals surface area contributed by atoms with Gasteiger partial charge in [0, 0.05) is 46.3 Å². The van der Waals surface area contributed by atoms with Crippen molar-refractivity contribution < 1.29 is 4.79 Å². The zero-order valence-corrected chi connectivity index (χ0v) is 16.6. The first kappa shape index (κ1) is 20.2. The number of hydrogen-bond donors (Lipinski definition) is 2. The monoisotopic (exact) mass is 359 g/mol. The number of nitrogens with one attached hydrogen (secondary N) is 2. The lowest BCUT2D eigenvalue weighted by Gasteiger charge is -2.21. The summed E-state index contributed by atoms with van der Waals surface area (Å²) in [6, 6.07) is 7.70. The van der Waals surface area contributed by atoms with Crippen LogP contribution in [0.2, 0.25) is 0 Å². The van der Waals surface area contributed by atoms with Crippen molar-refractivity contribution in [1.82, 2.24) is 20.4 Å². The largest absolute Gasteiger partial charge is 0.356 e. The highest BCUT2D eigenvalue weighted by Crippen LogP contribution is 2.10. The molecule has 2 rings (SSSR count). The number of amides is 1. The van der Waals surface area contributed by atoms with Crippen LogP contribution in [0.15, 0.2) is 29.3 Å². The van der Waals surface area contributed by atoms with E-state index in [-0.39, 0.29) is 5.91 Å². The first-order chi connectivity index (χ1) is 12.5. The second-order valence-electron chi connectivity index (χ2n) is 7.32. The van der Waals surface area contributed by atoms with Crippen LogP contribution in [-0.4, -0.2) is 69.0 Å². The standard InChI is InChI=1S/C20H33N5O/c1-16(15-25-11-5-6-12-25)13-22-20(21-2)23-14-17-7-9-18(10-8-17)19(26)24(3)4/h7-10,16H,5-6,11-15H2,1-4H3,(H2,21,22,23). The zero-order valence-electron chi connectivity index (χ0n) is 16.6. The molecule has 26 heavy (non-hydrogen) atoms. The van der Waals surface area contributed by atoms with Crippen LogP contribution in [0, 0.1) is 5.92 Å². The van der Waals surface area contributed by atoms with Gasteiger partial charge in [0.15, 0.2) is 5.96 Å². The van der Waals surface area contributed by atoms with E-state index in [9.17, 15) is 4.79 Å². The molecule has 1 aromatic carbocycles. The van der Waals surface area contributed by atoms with Gasteiger partial charge in [0.05, 0.1) is 0 Å². The van der Waals surface area contributed by atoms with Gasteiger partial charge in [-0.25, -0.2) is 0 Å². The minimum atomic E-state index is 0.0222. The Morgan fingerprint density at radius 1 is 1.19 bits per heavy atom. The van der Waals surface area contributed by atoms with E-state index in [2.05, 4.69) is 27.4 Å². The third-order valence-electron chi connectivity index (χ3n) is 4.68. The second-order valence-corrected chi connectivity index (χ2v) is 7.32. The van der Waals surface area contributed by atoms with Crippen LogP contribution in [0.25, 0.3) is 0 Å². The Kier molecular flexibility index (Phi) is 7.91. The van der Waals surface area contributed by atoms with Gasteiger partial charge in [-0.15, -0.1) is 0 Å². The Bertz CT molecular complexity index is 591. The predicted octanol–water partition coefficient (Wildman–Crippen LogP) is 1.79. The molecule has 1 atom stereocenters. The van der Waals surface area contributed by atoms with Crippen LogP contribution in [0.1, 0.15) is 35.7 Å². The van der Waals surface area contributed by atoms with Gasteiger partial charge in [-0.3, -0.25) is 9.79 Å². The molecule has 6 heteroatoms. The van der Waals surface area contributed by atoms with Crippen LogP contribution < -0.4 is 10.6 Å². The van der Waals surface area contributed by atoms with Gasteiger partial charge in [-0.2, -0.15) is 0 Å². The molecule has 2 N–H and O–H groups in total. The fourth-order valence-electron chi connectivity index (χ4n) is 3.17.